The van der Waals surface area contributed by atoms with Gasteiger partial charge in [-0.05, 0) is 37.5 Å². The number of esters is 1. The summed E-state index contributed by atoms with van der Waals surface area (Å²) in [5.41, 5.74) is -0.204. The summed E-state index contributed by atoms with van der Waals surface area (Å²) in [6.45, 7) is 1.00. The van der Waals surface area contributed by atoms with Crippen LogP contribution in [-0.2, 0) is 25.7 Å². The fourth-order valence-corrected chi connectivity index (χ4v) is 3.49. The van der Waals surface area contributed by atoms with Gasteiger partial charge in [-0.1, -0.05) is 25.0 Å². The van der Waals surface area contributed by atoms with E-state index in [2.05, 4.69) is 10.6 Å². The molecule has 3 rings (SSSR count). The van der Waals surface area contributed by atoms with Crippen molar-refractivity contribution < 1.29 is 28.3 Å². The van der Waals surface area contributed by atoms with Gasteiger partial charge >= 0.3 is 12.0 Å². The van der Waals surface area contributed by atoms with Crippen molar-refractivity contribution in [3.05, 3.63) is 35.6 Å². The van der Waals surface area contributed by atoms with Crippen molar-refractivity contribution in [2.45, 2.75) is 50.8 Å². The fourth-order valence-electron chi connectivity index (χ4n) is 3.49. The van der Waals surface area contributed by atoms with Crippen LogP contribution in [0.2, 0.25) is 0 Å². The molecule has 0 unspecified atom stereocenters. The Bertz CT molecular complexity index is 789. The second kappa shape index (κ2) is 7.95. The average Bonchev–Trinajstić information content (AvgIpc) is 3.22. The van der Waals surface area contributed by atoms with Crippen molar-refractivity contribution >= 4 is 23.8 Å². The van der Waals surface area contributed by atoms with Gasteiger partial charge in [0.1, 0.15) is 17.9 Å². The molecule has 1 aliphatic heterocycles. The molecule has 0 aromatic heterocycles. The van der Waals surface area contributed by atoms with E-state index in [-0.39, 0.29) is 12.4 Å². The van der Waals surface area contributed by atoms with Crippen LogP contribution in [0.15, 0.2) is 24.3 Å². The minimum Gasteiger partial charge on any atom is -0.451 e. The first kappa shape index (κ1) is 19.8. The molecule has 1 saturated carbocycles. The van der Waals surface area contributed by atoms with Crippen molar-refractivity contribution in [1.82, 2.24) is 15.5 Å². The Labute approximate surface area is 161 Å². The Morgan fingerprint density at radius 1 is 1.25 bits per heavy atom. The van der Waals surface area contributed by atoms with Crippen LogP contribution in [0.1, 0.15) is 38.2 Å². The third-order valence-corrected chi connectivity index (χ3v) is 5.05. The Hall–Kier alpha value is -2.97. The molecule has 1 heterocycles. The van der Waals surface area contributed by atoms with Gasteiger partial charge < -0.3 is 15.4 Å². The van der Waals surface area contributed by atoms with Crippen molar-refractivity contribution in [2.24, 2.45) is 0 Å². The predicted octanol–water partition coefficient (Wildman–Crippen LogP) is 1.24. The van der Waals surface area contributed by atoms with Gasteiger partial charge in [0.25, 0.3) is 11.8 Å². The lowest BCUT2D eigenvalue weighted by molar-refractivity contribution is -0.156. The van der Waals surface area contributed by atoms with Crippen LogP contribution in [0.25, 0.3) is 0 Å². The molecular weight excluding hydrogens is 369 g/mol. The lowest BCUT2D eigenvalue weighted by Crippen LogP contribution is -2.45. The van der Waals surface area contributed by atoms with Gasteiger partial charge in [-0.25, -0.2) is 9.18 Å². The number of nitrogens with zero attached hydrogens (tertiary/aromatic N) is 1. The van der Waals surface area contributed by atoms with E-state index < -0.39 is 42.0 Å². The summed E-state index contributed by atoms with van der Waals surface area (Å²) >= 11 is 0. The SMILES string of the molecule is C[C@@H](OC(=O)CN1C(=O)NC2(CCCC2)C1=O)C(=O)NCc1ccc(F)cc1. The Morgan fingerprint density at radius 2 is 1.89 bits per heavy atom. The van der Waals surface area contributed by atoms with Gasteiger partial charge in [0, 0.05) is 6.54 Å². The quantitative estimate of drug-likeness (QED) is 0.561. The molecule has 150 valence electrons. The maximum Gasteiger partial charge on any atom is 0.327 e. The normalized spacial score (nSPS) is 18.9. The summed E-state index contributed by atoms with van der Waals surface area (Å²) < 4.78 is 17.9. The van der Waals surface area contributed by atoms with Crippen molar-refractivity contribution in [2.75, 3.05) is 6.54 Å². The van der Waals surface area contributed by atoms with E-state index in [4.69, 9.17) is 4.74 Å². The smallest absolute Gasteiger partial charge is 0.327 e. The molecule has 0 bridgehead atoms. The standard InChI is InChI=1S/C19H22FN3O5/c1-12(16(25)21-10-13-4-6-14(20)7-5-13)28-15(24)11-23-17(26)19(22-18(23)27)8-2-3-9-19/h4-7,12H,2-3,8-11H2,1H3,(H,21,25)(H,22,27)/t12-/m1/s1. The summed E-state index contributed by atoms with van der Waals surface area (Å²) in [7, 11) is 0. The molecular formula is C19H22FN3O5. The fraction of sp³-hybridized carbons (Fsp3) is 0.474. The molecule has 1 spiro atoms. The Kier molecular flexibility index (Phi) is 5.62. The van der Waals surface area contributed by atoms with Crippen LogP contribution >= 0.6 is 0 Å². The summed E-state index contributed by atoms with van der Waals surface area (Å²) in [4.78, 5) is 49.6. The monoisotopic (exact) mass is 391 g/mol. The molecule has 4 amide bonds. The Balaban J connectivity index is 1.48. The van der Waals surface area contributed by atoms with Crippen molar-refractivity contribution in [3.8, 4) is 0 Å². The van der Waals surface area contributed by atoms with Crippen LogP contribution in [0.4, 0.5) is 9.18 Å². The molecule has 9 heteroatoms. The highest BCUT2D eigenvalue weighted by Gasteiger charge is 2.52. The van der Waals surface area contributed by atoms with E-state index in [0.717, 1.165) is 17.7 Å². The van der Waals surface area contributed by atoms with Crippen LogP contribution in [0.5, 0.6) is 0 Å². The first-order chi connectivity index (χ1) is 13.3. The average molecular weight is 391 g/mol. The summed E-state index contributed by atoms with van der Waals surface area (Å²) in [5.74, 6) is -2.18. The summed E-state index contributed by atoms with van der Waals surface area (Å²) in [6, 6.07) is 5.00. The molecule has 8 nitrogen and oxygen atoms in total. The lowest BCUT2D eigenvalue weighted by atomic mass is 9.98. The maximum absolute atomic E-state index is 12.9. The number of amides is 4. The number of carbonyl (C=O) groups is 4. The highest BCUT2D eigenvalue weighted by atomic mass is 19.1. The zero-order valence-electron chi connectivity index (χ0n) is 15.5. The zero-order valence-corrected chi connectivity index (χ0v) is 15.5. The van der Waals surface area contributed by atoms with Gasteiger partial charge in [-0.2, -0.15) is 0 Å². The third-order valence-electron chi connectivity index (χ3n) is 5.05. The minimum atomic E-state index is -1.10. The number of nitrogens with one attached hydrogen (secondary N) is 2. The molecule has 2 aliphatic rings. The zero-order chi connectivity index (χ0) is 20.3. The number of urea groups is 1. The van der Waals surface area contributed by atoms with E-state index in [0.29, 0.717) is 18.4 Å². The number of hydrogen-bond acceptors (Lipinski definition) is 5. The predicted molar refractivity (Wildman–Crippen MR) is 95.2 cm³/mol. The maximum atomic E-state index is 12.9. The number of ether oxygens (including phenoxy) is 1. The number of halogens is 1. The number of carbonyl (C=O) groups excluding carboxylic acids is 4. The van der Waals surface area contributed by atoms with Crippen LogP contribution in [-0.4, -0.2) is 46.9 Å². The largest absolute Gasteiger partial charge is 0.451 e. The van der Waals surface area contributed by atoms with E-state index in [1.807, 2.05) is 0 Å². The third kappa shape index (κ3) is 4.13. The molecule has 1 aromatic carbocycles. The topological polar surface area (TPSA) is 105 Å². The van der Waals surface area contributed by atoms with E-state index in [1.54, 1.807) is 0 Å². The van der Waals surface area contributed by atoms with Gasteiger partial charge in [-0.15, -0.1) is 0 Å². The van der Waals surface area contributed by atoms with Gasteiger partial charge in [0.15, 0.2) is 6.10 Å². The first-order valence-corrected chi connectivity index (χ1v) is 9.16. The highest BCUT2D eigenvalue weighted by molar-refractivity contribution is 6.08. The lowest BCUT2D eigenvalue weighted by Gasteiger charge is -2.20. The molecule has 1 saturated heterocycles. The molecule has 28 heavy (non-hydrogen) atoms. The number of hydrogen-bond donors (Lipinski definition) is 2. The van der Waals surface area contributed by atoms with Crippen LogP contribution < -0.4 is 10.6 Å². The van der Waals surface area contributed by atoms with E-state index >= 15 is 0 Å². The van der Waals surface area contributed by atoms with Gasteiger partial charge in [-0.3, -0.25) is 19.3 Å². The number of imide groups is 1. The van der Waals surface area contributed by atoms with Gasteiger partial charge in [0.05, 0.1) is 0 Å². The molecule has 1 atom stereocenters. The van der Waals surface area contributed by atoms with E-state index in [9.17, 15) is 23.6 Å². The van der Waals surface area contributed by atoms with Crippen molar-refractivity contribution in [1.29, 1.82) is 0 Å². The van der Waals surface area contributed by atoms with Crippen LogP contribution in [0, 0.1) is 5.82 Å². The Morgan fingerprint density at radius 3 is 2.54 bits per heavy atom. The molecule has 2 fully saturated rings. The first-order valence-electron chi connectivity index (χ1n) is 9.16. The molecule has 1 aliphatic carbocycles. The molecule has 2 N–H and O–H groups in total. The number of rotatable bonds is 6. The minimum absolute atomic E-state index is 0.149. The van der Waals surface area contributed by atoms with Gasteiger partial charge in [0.2, 0.25) is 0 Å². The second-order valence-corrected chi connectivity index (χ2v) is 7.09. The molecule has 0 radical (unpaired) electrons. The highest BCUT2D eigenvalue weighted by Crippen LogP contribution is 2.34. The molecule has 1 aromatic rings. The summed E-state index contributed by atoms with van der Waals surface area (Å²) in [6.07, 6.45) is 1.70. The van der Waals surface area contributed by atoms with Crippen LogP contribution in [0.3, 0.4) is 0 Å². The number of benzene rings is 1. The summed E-state index contributed by atoms with van der Waals surface area (Å²) in [5, 5.41) is 5.25. The van der Waals surface area contributed by atoms with Crippen molar-refractivity contribution in [3.63, 3.8) is 0 Å². The second-order valence-electron chi connectivity index (χ2n) is 7.09. The van der Waals surface area contributed by atoms with E-state index in [1.165, 1.54) is 31.2 Å².